The van der Waals surface area contributed by atoms with Gasteiger partial charge in [0, 0.05) is 30.7 Å². The average molecular weight is 703 g/mol. The summed E-state index contributed by atoms with van der Waals surface area (Å²) < 4.78 is 35.8. The Labute approximate surface area is 306 Å². The van der Waals surface area contributed by atoms with E-state index < -0.39 is 0 Å². The van der Waals surface area contributed by atoms with Crippen LogP contribution in [0.15, 0.2) is 111 Å². The molecule has 4 aromatic carbocycles. The average Bonchev–Trinajstić information content (AvgIpc) is 3.61. The second kappa shape index (κ2) is 19.0. The van der Waals surface area contributed by atoms with Crippen molar-refractivity contribution in [3.8, 4) is 28.6 Å². The van der Waals surface area contributed by atoms with Gasteiger partial charge in [0.15, 0.2) is 22.5 Å². The Kier molecular flexibility index (Phi) is 13.4. The van der Waals surface area contributed by atoms with E-state index in [0.717, 1.165) is 49.0 Å². The van der Waals surface area contributed by atoms with Crippen molar-refractivity contribution in [1.82, 2.24) is 0 Å². The maximum atomic E-state index is 13.6. The van der Waals surface area contributed by atoms with Crippen LogP contribution in [-0.4, -0.2) is 20.8 Å². The van der Waals surface area contributed by atoms with Gasteiger partial charge in [-0.1, -0.05) is 112 Å². The molecule has 52 heavy (non-hydrogen) atoms. The van der Waals surface area contributed by atoms with Crippen LogP contribution in [0.4, 0.5) is 0 Å². The molecule has 0 bridgehead atoms. The third-order valence-corrected chi connectivity index (χ3v) is 9.49. The Morgan fingerprint density at radius 2 is 1.21 bits per heavy atom. The summed E-state index contributed by atoms with van der Waals surface area (Å²) in [6.45, 7) is 1.96. The van der Waals surface area contributed by atoms with Gasteiger partial charge in [-0.15, -0.1) is 0 Å². The Bertz CT molecular complexity index is 2050. The smallest absolute Gasteiger partial charge is 0.197 e. The molecule has 7 heteroatoms. The lowest BCUT2D eigenvalue weighted by Crippen LogP contribution is -2.02. The maximum absolute atomic E-state index is 13.6. The van der Waals surface area contributed by atoms with E-state index in [0.29, 0.717) is 58.3 Å². The minimum Gasteiger partial charge on any atom is -0.496 e. The summed E-state index contributed by atoms with van der Waals surface area (Å²) in [5, 5.41) is 1.20. The van der Waals surface area contributed by atoms with Crippen LogP contribution in [0.25, 0.3) is 33.3 Å². The quantitative estimate of drug-likeness (QED) is 0.0691. The van der Waals surface area contributed by atoms with E-state index in [9.17, 15) is 4.79 Å². The zero-order valence-electron chi connectivity index (χ0n) is 30.5. The lowest BCUT2D eigenvalue weighted by molar-refractivity contribution is 0.116. The molecule has 0 saturated heterocycles. The van der Waals surface area contributed by atoms with Gasteiger partial charge in [0.2, 0.25) is 0 Å². The van der Waals surface area contributed by atoms with Crippen molar-refractivity contribution in [2.75, 3.05) is 20.8 Å². The summed E-state index contributed by atoms with van der Waals surface area (Å²) in [5.41, 5.74) is 3.73. The lowest BCUT2D eigenvalue weighted by Gasteiger charge is -2.12. The van der Waals surface area contributed by atoms with Crippen molar-refractivity contribution in [2.45, 2.75) is 83.8 Å². The van der Waals surface area contributed by atoms with Crippen LogP contribution in [-0.2, 0) is 24.4 Å². The second-order valence-electron chi connectivity index (χ2n) is 13.3. The molecule has 7 nitrogen and oxygen atoms in total. The fraction of sp³-hybridized carbons (Fsp3) is 0.356. The van der Waals surface area contributed by atoms with Crippen LogP contribution in [0.5, 0.6) is 17.2 Å². The van der Waals surface area contributed by atoms with Gasteiger partial charge in [-0.2, -0.15) is 0 Å². The molecule has 2 heterocycles. The summed E-state index contributed by atoms with van der Waals surface area (Å²) in [6, 6.07) is 31.1. The minimum atomic E-state index is -0.176. The first-order chi connectivity index (χ1) is 25.6. The van der Waals surface area contributed by atoms with Crippen LogP contribution in [0.3, 0.4) is 0 Å². The number of benzene rings is 4. The topological polar surface area (TPSA) is 80.3 Å². The Morgan fingerprint density at radius 1 is 0.577 bits per heavy atom. The first-order valence-electron chi connectivity index (χ1n) is 18.7. The van der Waals surface area contributed by atoms with Gasteiger partial charge in [0.05, 0.1) is 26.2 Å². The lowest BCUT2D eigenvalue weighted by atomic mass is 10.1. The van der Waals surface area contributed by atoms with Crippen LogP contribution in [0, 0.1) is 0 Å². The molecule has 0 aliphatic heterocycles. The van der Waals surface area contributed by atoms with Gasteiger partial charge >= 0.3 is 0 Å². The van der Waals surface area contributed by atoms with Crippen LogP contribution >= 0.6 is 0 Å². The number of furan rings is 1. The van der Waals surface area contributed by atoms with Crippen molar-refractivity contribution in [3.63, 3.8) is 0 Å². The zero-order valence-corrected chi connectivity index (χ0v) is 30.5. The highest BCUT2D eigenvalue weighted by molar-refractivity contribution is 6.05. The first-order valence-corrected chi connectivity index (χ1v) is 18.7. The van der Waals surface area contributed by atoms with E-state index in [1.54, 1.807) is 20.3 Å². The molecule has 0 N–H and O–H groups in total. The zero-order chi connectivity index (χ0) is 36.0. The fourth-order valence-electron chi connectivity index (χ4n) is 6.64. The highest BCUT2D eigenvalue weighted by atomic mass is 16.5. The fourth-order valence-corrected chi connectivity index (χ4v) is 6.64. The molecule has 0 spiro atoms. The number of methoxy groups -OCH3 is 2. The molecule has 6 rings (SSSR count). The van der Waals surface area contributed by atoms with Gasteiger partial charge < -0.3 is 27.8 Å². The number of hydrogen-bond acceptors (Lipinski definition) is 7. The normalized spacial score (nSPS) is 11.3. The molecule has 0 aliphatic carbocycles. The Hall–Kier alpha value is -5.01. The van der Waals surface area contributed by atoms with E-state index in [2.05, 4.69) is 24.3 Å². The molecular weight excluding hydrogens is 652 g/mol. The summed E-state index contributed by atoms with van der Waals surface area (Å²) in [4.78, 5) is 13.6. The molecular formula is C45H50O7. The van der Waals surface area contributed by atoms with E-state index in [4.69, 9.17) is 27.8 Å². The third kappa shape index (κ3) is 9.86. The highest BCUT2D eigenvalue weighted by Crippen LogP contribution is 2.38. The van der Waals surface area contributed by atoms with Crippen LogP contribution in [0.1, 0.15) is 81.1 Å². The Balaban J connectivity index is 0.975. The molecule has 0 fully saturated rings. The monoisotopic (exact) mass is 702 g/mol. The molecule has 0 aliphatic rings. The molecule has 0 radical (unpaired) electrons. The summed E-state index contributed by atoms with van der Waals surface area (Å²) >= 11 is 0. The van der Waals surface area contributed by atoms with Gasteiger partial charge in [-0.3, -0.25) is 4.79 Å². The van der Waals surface area contributed by atoms with Crippen molar-refractivity contribution >= 4 is 21.9 Å². The van der Waals surface area contributed by atoms with Gasteiger partial charge in [-0.25, -0.2) is 0 Å². The third-order valence-electron chi connectivity index (χ3n) is 9.49. The highest BCUT2D eigenvalue weighted by Gasteiger charge is 2.19. The largest absolute Gasteiger partial charge is 0.496 e. The molecule has 0 saturated carbocycles. The predicted molar refractivity (Wildman–Crippen MR) is 208 cm³/mol. The minimum absolute atomic E-state index is 0.176. The number of hydrogen-bond donors (Lipinski definition) is 0. The maximum Gasteiger partial charge on any atom is 0.197 e. The van der Waals surface area contributed by atoms with Crippen LogP contribution in [0.2, 0.25) is 0 Å². The summed E-state index contributed by atoms with van der Waals surface area (Å²) in [6.07, 6.45) is 13.0. The molecule has 0 amide bonds. The van der Waals surface area contributed by atoms with E-state index in [1.165, 1.54) is 56.6 Å². The summed E-state index contributed by atoms with van der Waals surface area (Å²) in [5.74, 6) is 3.04. The van der Waals surface area contributed by atoms with Crippen molar-refractivity contribution < 1.29 is 27.8 Å². The van der Waals surface area contributed by atoms with Crippen LogP contribution < -0.4 is 19.6 Å². The number of aryl methyl sites for hydroxylation is 1. The Morgan fingerprint density at radius 3 is 1.88 bits per heavy atom. The number of fused-ring (bicyclic) bond motifs is 3. The molecule has 0 unspecified atom stereocenters. The second-order valence-corrected chi connectivity index (χ2v) is 13.3. The van der Waals surface area contributed by atoms with Crippen molar-refractivity contribution in [1.29, 1.82) is 0 Å². The van der Waals surface area contributed by atoms with E-state index in [-0.39, 0.29) is 5.43 Å². The number of unbranched alkanes of at least 4 members (excludes halogenated alkanes) is 9. The van der Waals surface area contributed by atoms with E-state index in [1.807, 2.05) is 60.7 Å². The standard InChI is InChI=1S/C45H50O7/c1-47-41-30-43-44(38(46)29-40(52-43)35-24-25-39(42(27-35)48-2)50-32-34-21-15-12-16-22-34)45-37(41)28-36(51-45)23-17-9-7-5-3-4-6-8-10-18-26-49-31-33-19-13-11-14-20-33/h11-16,19-22,24-25,27-30H,3-10,17-18,23,26,31-32H2,1-2H3. The molecule has 2 aromatic heterocycles. The molecule has 272 valence electrons. The number of rotatable bonds is 21. The molecule has 6 aromatic rings. The molecule has 0 atom stereocenters. The predicted octanol–water partition coefficient (Wildman–Crippen LogP) is 11.5. The first kappa shape index (κ1) is 36.8. The van der Waals surface area contributed by atoms with Gasteiger partial charge in [0.25, 0.3) is 0 Å². The van der Waals surface area contributed by atoms with E-state index >= 15 is 0 Å². The number of ether oxygens (including phenoxy) is 4. The van der Waals surface area contributed by atoms with Gasteiger partial charge in [0.1, 0.15) is 34.8 Å². The van der Waals surface area contributed by atoms with Gasteiger partial charge in [-0.05, 0) is 48.2 Å². The van der Waals surface area contributed by atoms with Crippen molar-refractivity contribution in [3.05, 3.63) is 124 Å². The van der Waals surface area contributed by atoms with Crippen molar-refractivity contribution in [2.24, 2.45) is 0 Å². The SMILES string of the molecule is COc1cc(-c2cc(=O)c3c(cc(OC)c4cc(CCCCCCCCCCCCOCc5ccccc5)oc43)o2)ccc1OCc1ccccc1. The summed E-state index contributed by atoms with van der Waals surface area (Å²) in [7, 11) is 3.21.